The van der Waals surface area contributed by atoms with Crippen molar-refractivity contribution in [1.29, 1.82) is 0 Å². The van der Waals surface area contributed by atoms with E-state index in [2.05, 4.69) is 27.1 Å². The lowest BCUT2D eigenvalue weighted by Gasteiger charge is -2.32. The molecule has 0 amide bonds. The molecule has 1 aromatic rings. The van der Waals surface area contributed by atoms with Crippen molar-refractivity contribution >= 4 is 17.7 Å². The highest BCUT2D eigenvalue weighted by atomic mass is 16.5. The van der Waals surface area contributed by atoms with Gasteiger partial charge in [0.2, 0.25) is 5.95 Å². The largest absolute Gasteiger partial charge is 0.481 e. The molecule has 2 N–H and O–H groups in total. The number of anilines is 2. The number of carbonyl (C=O) groups is 1. The third-order valence-electron chi connectivity index (χ3n) is 5.72. The lowest BCUT2D eigenvalue weighted by molar-refractivity contribution is -0.142. The normalized spacial score (nSPS) is 21.4. The van der Waals surface area contributed by atoms with Crippen molar-refractivity contribution in [3.8, 4) is 0 Å². The summed E-state index contributed by atoms with van der Waals surface area (Å²) < 4.78 is 5.43. The van der Waals surface area contributed by atoms with Crippen LogP contribution in [0.15, 0.2) is 6.20 Å². The van der Waals surface area contributed by atoms with Crippen molar-refractivity contribution < 1.29 is 14.6 Å². The summed E-state index contributed by atoms with van der Waals surface area (Å²) in [6.45, 7) is 8.00. The number of rotatable bonds is 7. The molecule has 3 heterocycles. The number of nitrogens with one attached hydrogen (secondary N) is 1. The fourth-order valence-corrected chi connectivity index (χ4v) is 3.72. The van der Waals surface area contributed by atoms with Gasteiger partial charge >= 0.3 is 5.97 Å². The maximum atomic E-state index is 11.8. The van der Waals surface area contributed by atoms with Gasteiger partial charge in [0.25, 0.3) is 0 Å². The molecule has 0 radical (unpaired) electrons. The summed E-state index contributed by atoms with van der Waals surface area (Å²) in [5.41, 5.74) is -0.420. The van der Waals surface area contributed by atoms with Crippen molar-refractivity contribution in [2.45, 2.75) is 44.6 Å². The zero-order chi connectivity index (χ0) is 19.4. The highest BCUT2D eigenvalue weighted by Crippen LogP contribution is 2.32. The van der Waals surface area contributed by atoms with Crippen LogP contribution in [0, 0.1) is 0 Å². The molecule has 27 heavy (non-hydrogen) atoms. The molecule has 0 bridgehead atoms. The third-order valence-corrected chi connectivity index (χ3v) is 5.72. The van der Waals surface area contributed by atoms with E-state index in [1.165, 1.54) is 19.4 Å². The molecule has 2 aliphatic rings. The number of carboxylic acids is 1. The van der Waals surface area contributed by atoms with Crippen molar-refractivity contribution in [3.63, 3.8) is 0 Å². The van der Waals surface area contributed by atoms with Gasteiger partial charge in [-0.05, 0) is 46.7 Å². The van der Waals surface area contributed by atoms with Gasteiger partial charge in [0, 0.05) is 37.4 Å². The minimum atomic E-state index is -1.06. The second kappa shape index (κ2) is 8.39. The smallest absolute Gasteiger partial charge is 0.313 e. The topological polar surface area (TPSA) is 90.8 Å². The molecule has 2 aliphatic heterocycles. The zero-order valence-corrected chi connectivity index (χ0v) is 16.6. The Labute approximate surface area is 160 Å². The Balaban J connectivity index is 1.76. The van der Waals surface area contributed by atoms with Gasteiger partial charge in [-0.15, -0.1) is 0 Å². The lowest BCUT2D eigenvalue weighted by atomic mass is 9.85. The predicted octanol–water partition coefficient (Wildman–Crippen LogP) is 1.57. The number of aromatic nitrogens is 2. The van der Waals surface area contributed by atoms with E-state index >= 15 is 0 Å². The van der Waals surface area contributed by atoms with Gasteiger partial charge < -0.3 is 25.0 Å². The van der Waals surface area contributed by atoms with E-state index in [0.717, 1.165) is 13.0 Å². The number of hydrogen-bond acceptors (Lipinski definition) is 7. The summed E-state index contributed by atoms with van der Waals surface area (Å²) in [6.07, 6.45) is 5.21. The van der Waals surface area contributed by atoms with Crippen LogP contribution in [0.1, 0.15) is 38.7 Å². The van der Waals surface area contributed by atoms with E-state index in [1.54, 1.807) is 20.0 Å². The third kappa shape index (κ3) is 4.50. The minimum Gasteiger partial charge on any atom is -0.481 e. The van der Waals surface area contributed by atoms with Gasteiger partial charge in [0.15, 0.2) is 0 Å². The van der Waals surface area contributed by atoms with Crippen LogP contribution in [-0.4, -0.2) is 78.4 Å². The molecular weight excluding hydrogens is 346 g/mol. The number of aliphatic carboxylic acids is 1. The van der Waals surface area contributed by atoms with Gasteiger partial charge in [0.1, 0.15) is 5.82 Å². The van der Waals surface area contributed by atoms with Crippen LogP contribution < -0.4 is 10.2 Å². The molecule has 3 rings (SSSR count). The maximum Gasteiger partial charge on any atom is 0.313 e. The first kappa shape index (κ1) is 19.8. The fourth-order valence-electron chi connectivity index (χ4n) is 3.72. The van der Waals surface area contributed by atoms with E-state index < -0.39 is 11.4 Å². The highest BCUT2D eigenvalue weighted by molar-refractivity contribution is 5.82. The first-order valence-corrected chi connectivity index (χ1v) is 9.77. The Bertz CT molecular complexity index is 661. The van der Waals surface area contributed by atoms with Crippen molar-refractivity contribution in [2.24, 2.45) is 0 Å². The lowest BCUT2D eigenvalue weighted by Crippen LogP contribution is -2.40. The van der Waals surface area contributed by atoms with Gasteiger partial charge in [-0.3, -0.25) is 4.79 Å². The van der Waals surface area contributed by atoms with Crippen LogP contribution in [0.25, 0.3) is 0 Å². The van der Waals surface area contributed by atoms with Crippen molar-refractivity contribution in [3.05, 3.63) is 11.8 Å². The second-order valence-corrected chi connectivity index (χ2v) is 7.95. The first-order chi connectivity index (χ1) is 12.9. The number of ether oxygens (including phenoxy) is 1. The molecule has 0 aromatic carbocycles. The Hall–Kier alpha value is -1.93. The molecule has 1 atom stereocenters. The maximum absolute atomic E-state index is 11.8. The monoisotopic (exact) mass is 377 g/mol. The van der Waals surface area contributed by atoms with E-state index in [1.807, 2.05) is 0 Å². The molecule has 8 heteroatoms. The van der Waals surface area contributed by atoms with E-state index in [9.17, 15) is 9.90 Å². The van der Waals surface area contributed by atoms with Crippen LogP contribution in [0.4, 0.5) is 11.8 Å². The quantitative estimate of drug-likeness (QED) is 0.740. The SMILES string of the molecule is CN1CCCC1CCNc1ncc(C(C)(C)C(=O)O)c(N2CCOCC2)n1. The number of hydrogen-bond donors (Lipinski definition) is 2. The average Bonchev–Trinajstić information content (AvgIpc) is 3.07. The Morgan fingerprint density at radius 3 is 2.74 bits per heavy atom. The standard InChI is InChI=1S/C19H31N5O3/c1-19(2,17(25)26)15-13-21-18(20-7-6-14-5-4-8-23(14)3)22-16(15)24-9-11-27-12-10-24/h13-14H,4-12H2,1-3H3,(H,25,26)(H,20,21,22). The van der Waals surface area contributed by atoms with Crippen LogP contribution in [0.2, 0.25) is 0 Å². The first-order valence-electron chi connectivity index (χ1n) is 9.77. The van der Waals surface area contributed by atoms with Crippen molar-refractivity contribution in [2.75, 3.05) is 56.7 Å². The second-order valence-electron chi connectivity index (χ2n) is 7.95. The molecule has 2 saturated heterocycles. The molecule has 2 fully saturated rings. The molecule has 0 spiro atoms. The van der Waals surface area contributed by atoms with E-state index in [0.29, 0.717) is 49.7 Å². The highest BCUT2D eigenvalue weighted by Gasteiger charge is 2.35. The number of carboxylic acid groups (broad SMARTS) is 1. The molecule has 1 aromatic heterocycles. The van der Waals surface area contributed by atoms with E-state index in [-0.39, 0.29) is 0 Å². The fraction of sp³-hybridized carbons (Fsp3) is 0.737. The molecule has 1 unspecified atom stereocenters. The summed E-state index contributed by atoms with van der Waals surface area (Å²) in [5.74, 6) is 0.369. The van der Waals surface area contributed by atoms with Crippen LogP contribution in [-0.2, 0) is 14.9 Å². The van der Waals surface area contributed by atoms with Crippen LogP contribution in [0.3, 0.4) is 0 Å². The summed E-state index contributed by atoms with van der Waals surface area (Å²) >= 11 is 0. The Kier molecular flexibility index (Phi) is 6.16. The van der Waals surface area contributed by atoms with Crippen molar-refractivity contribution in [1.82, 2.24) is 14.9 Å². The number of likely N-dealkylation sites (tertiary alicyclic amines) is 1. The molecule has 150 valence electrons. The minimum absolute atomic E-state index is 0.557. The summed E-state index contributed by atoms with van der Waals surface area (Å²) in [5, 5.41) is 13.0. The van der Waals surface area contributed by atoms with E-state index in [4.69, 9.17) is 9.72 Å². The zero-order valence-electron chi connectivity index (χ0n) is 16.6. The van der Waals surface area contributed by atoms with Gasteiger partial charge in [-0.2, -0.15) is 4.98 Å². The van der Waals surface area contributed by atoms with Gasteiger partial charge in [-0.1, -0.05) is 0 Å². The molecule has 8 nitrogen and oxygen atoms in total. The molecular formula is C19H31N5O3. The summed E-state index contributed by atoms with van der Waals surface area (Å²) in [6, 6.07) is 0.612. The predicted molar refractivity (Wildman–Crippen MR) is 104 cm³/mol. The van der Waals surface area contributed by atoms with Gasteiger partial charge in [-0.25, -0.2) is 4.98 Å². The number of morpholine rings is 1. The number of nitrogens with zero attached hydrogens (tertiary/aromatic N) is 4. The summed E-state index contributed by atoms with van der Waals surface area (Å²) in [4.78, 5) is 25.4. The molecule has 0 aliphatic carbocycles. The Morgan fingerprint density at radius 2 is 2.11 bits per heavy atom. The summed E-state index contributed by atoms with van der Waals surface area (Å²) in [7, 11) is 2.17. The van der Waals surface area contributed by atoms with Gasteiger partial charge in [0.05, 0.1) is 18.6 Å². The van der Waals surface area contributed by atoms with Crippen LogP contribution in [0.5, 0.6) is 0 Å². The van der Waals surface area contributed by atoms with Crippen LogP contribution >= 0.6 is 0 Å². The Morgan fingerprint density at radius 1 is 1.37 bits per heavy atom. The average molecular weight is 377 g/mol. The molecule has 0 saturated carbocycles.